The van der Waals surface area contributed by atoms with Crippen molar-refractivity contribution in [1.29, 1.82) is 0 Å². The van der Waals surface area contributed by atoms with E-state index in [2.05, 4.69) is 29.8 Å². The summed E-state index contributed by atoms with van der Waals surface area (Å²) in [5, 5.41) is 10.5. The van der Waals surface area contributed by atoms with Crippen LogP contribution in [0, 0.1) is 5.82 Å². The number of aliphatic hydroxyl groups is 1. The van der Waals surface area contributed by atoms with Crippen molar-refractivity contribution >= 4 is 15.9 Å². The number of hydrogen-bond donors (Lipinski definition) is 1. The van der Waals surface area contributed by atoms with Crippen LogP contribution in [0.4, 0.5) is 4.39 Å². The summed E-state index contributed by atoms with van der Waals surface area (Å²) in [5.41, 5.74) is 2.47. The fourth-order valence-electron chi connectivity index (χ4n) is 2.58. The van der Waals surface area contributed by atoms with Crippen molar-refractivity contribution in [3.63, 3.8) is 0 Å². The summed E-state index contributed by atoms with van der Waals surface area (Å²) in [4.78, 5) is 0. The van der Waals surface area contributed by atoms with Crippen LogP contribution in [0.1, 0.15) is 36.6 Å². The smallest absolute Gasteiger partial charge is 0.137 e. The van der Waals surface area contributed by atoms with Crippen LogP contribution in [0.25, 0.3) is 0 Å². The second-order valence-electron chi connectivity index (χ2n) is 6.00. The average Bonchev–Trinajstić information content (AvgIpc) is 2.76. The topological polar surface area (TPSA) is 29.5 Å². The lowest BCUT2D eigenvalue weighted by atomic mass is 9.85. The molecule has 1 heterocycles. The van der Waals surface area contributed by atoms with E-state index in [0.29, 0.717) is 16.6 Å². The Bertz CT molecular complexity index is 697. The van der Waals surface area contributed by atoms with Gasteiger partial charge in [-0.15, -0.1) is 0 Å². The van der Waals surface area contributed by atoms with Crippen LogP contribution in [0.15, 0.2) is 40.9 Å². The van der Waals surface area contributed by atoms with Gasteiger partial charge in [0.05, 0.1) is 11.1 Å². The lowest BCUT2D eigenvalue weighted by Gasteiger charge is -2.18. The summed E-state index contributed by atoms with van der Waals surface area (Å²) in [6.07, 6.45) is -0.788. The molecule has 2 nitrogen and oxygen atoms in total. The van der Waals surface area contributed by atoms with Crippen LogP contribution in [0.3, 0.4) is 0 Å². The van der Waals surface area contributed by atoms with Crippen molar-refractivity contribution in [2.24, 2.45) is 0 Å². The minimum absolute atomic E-state index is 0.0611. The van der Waals surface area contributed by atoms with E-state index in [9.17, 15) is 9.50 Å². The molecule has 0 bridgehead atoms. The van der Waals surface area contributed by atoms with Gasteiger partial charge in [0.2, 0.25) is 0 Å². The van der Waals surface area contributed by atoms with Crippen LogP contribution in [-0.4, -0.2) is 11.7 Å². The van der Waals surface area contributed by atoms with Crippen LogP contribution in [-0.2, 0) is 5.41 Å². The highest BCUT2D eigenvalue weighted by Crippen LogP contribution is 2.40. The first-order valence-corrected chi connectivity index (χ1v) is 7.58. The minimum Gasteiger partial charge on any atom is -0.492 e. The molecule has 1 unspecified atom stereocenters. The van der Waals surface area contributed by atoms with E-state index in [-0.39, 0.29) is 11.2 Å². The zero-order valence-corrected chi connectivity index (χ0v) is 13.4. The Labute approximate surface area is 131 Å². The Morgan fingerprint density at radius 3 is 2.57 bits per heavy atom. The van der Waals surface area contributed by atoms with Crippen molar-refractivity contribution in [2.75, 3.05) is 6.61 Å². The first-order valence-electron chi connectivity index (χ1n) is 6.79. The van der Waals surface area contributed by atoms with Gasteiger partial charge < -0.3 is 9.84 Å². The minimum atomic E-state index is -0.788. The molecule has 21 heavy (non-hydrogen) atoms. The van der Waals surface area contributed by atoms with E-state index < -0.39 is 6.10 Å². The Hall–Kier alpha value is -1.39. The summed E-state index contributed by atoms with van der Waals surface area (Å²) in [5.74, 6) is 0.533. The van der Waals surface area contributed by atoms with E-state index in [1.807, 2.05) is 18.2 Å². The SMILES string of the molecule is CC1(C)COc2ccc(C(O)c3ccc(F)c(Br)c3)cc21. The summed E-state index contributed by atoms with van der Waals surface area (Å²) >= 11 is 3.15. The molecule has 2 aromatic carbocycles. The van der Waals surface area contributed by atoms with Gasteiger partial charge >= 0.3 is 0 Å². The second kappa shape index (κ2) is 5.11. The molecule has 1 aliphatic rings. The Morgan fingerprint density at radius 1 is 1.19 bits per heavy atom. The van der Waals surface area contributed by atoms with E-state index in [0.717, 1.165) is 16.9 Å². The molecular formula is C17H16BrFO2. The Kier molecular flexibility index (Phi) is 3.54. The van der Waals surface area contributed by atoms with Crippen LogP contribution in [0.2, 0.25) is 0 Å². The number of benzene rings is 2. The van der Waals surface area contributed by atoms with Crippen LogP contribution >= 0.6 is 15.9 Å². The van der Waals surface area contributed by atoms with E-state index in [1.165, 1.54) is 6.07 Å². The lowest BCUT2D eigenvalue weighted by Crippen LogP contribution is -2.18. The number of fused-ring (bicyclic) bond motifs is 1. The molecule has 3 rings (SSSR count). The molecule has 0 aromatic heterocycles. The fraction of sp³-hybridized carbons (Fsp3) is 0.294. The summed E-state index contributed by atoms with van der Waals surface area (Å²) in [7, 11) is 0. The highest BCUT2D eigenvalue weighted by Gasteiger charge is 2.32. The molecule has 2 aromatic rings. The van der Waals surface area contributed by atoms with Crippen molar-refractivity contribution in [3.8, 4) is 5.75 Å². The molecule has 0 fully saturated rings. The van der Waals surface area contributed by atoms with E-state index in [1.54, 1.807) is 12.1 Å². The third-order valence-electron chi connectivity index (χ3n) is 3.90. The number of aliphatic hydroxyl groups excluding tert-OH is 1. The Balaban J connectivity index is 1.99. The second-order valence-corrected chi connectivity index (χ2v) is 6.86. The van der Waals surface area contributed by atoms with E-state index in [4.69, 9.17) is 4.74 Å². The molecule has 0 spiro atoms. The molecule has 0 radical (unpaired) electrons. The summed E-state index contributed by atoms with van der Waals surface area (Å²) in [6, 6.07) is 10.3. The molecule has 4 heteroatoms. The number of ether oxygens (including phenoxy) is 1. The van der Waals surface area contributed by atoms with Gasteiger partial charge in [-0.05, 0) is 51.3 Å². The molecule has 1 N–H and O–H groups in total. The fourth-order valence-corrected chi connectivity index (χ4v) is 2.98. The average molecular weight is 351 g/mol. The molecule has 110 valence electrons. The first-order chi connectivity index (χ1) is 9.88. The third kappa shape index (κ3) is 2.58. The monoisotopic (exact) mass is 350 g/mol. The van der Waals surface area contributed by atoms with Crippen LogP contribution < -0.4 is 4.74 Å². The predicted octanol–water partition coefficient (Wildman–Crippen LogP) is 4.34. The molecule has 0 saturated carbocycles. The lowest BCUT2D eigenvalue weighted by molar-refractivity contribution is 0.220. The maximum Gasteiger partial charge on any atom is 0.137 e. The highest BCUT2D eigenvalue weighted by atomic mass is 79.9. The zero-order chi connectivity index (χ0) is 15.2. The van der Waals surface area contributed by atoms with Gasteiger partial charge in [-0.1, -0.05) is 26.0 Å². The maximum atomic E-state index is 13.3. The summed E-state index contributed by atoms with van der Waals surface area (Å²) < 4.78 is 19.3. The molecule has 0 aliphatic carbocycles. The third-order valence-corrected chi connectivity index (χ3v) is 4.50. The van der Waals surface area contributed by atoms with Gasteiger partial charge in [-0.2, -0.15) is 0 Å². The van der Waals surface area contributed by atoms with E-state index >= 15 is 0 Å². The Morgan fingerprint density at radius 2 is 1.86 bits per heavy atom. The number of rotatable bonds is 2. The molecule has 0 amide bonds. The zero-order valence-electron chi connectivity index (χ0n) is 11.9. The molecule has 1 atom stereocenters. The van der Waals surface area contributed by atoms with Crippen LogP contribution in [0.5, 0.6) is 5.75 Å². The standard InChI is InChI=1S/C17H16BrFO2/c1-17(2)9-21-15-6-4-10(7-12(15)17)16(20)11-3-5-14(19)13(18)8-11/h3-8,16,20H,9H2,1-2H3. The quantitative estimate of drug-likeness (QED) is 0.872. The van der Waals surface area contributed by atoms with Crippen molar-refractivity contribution < 1.29 is 14.2 Å². The number of halogens is 2. The van der Waals surface area contributed by atoms with Gasteiger partial charge in [-0.25, -0.2) is 4.39 Å². The largest absolute Gasteiger partial charge is 0.492 e. The molecule has 0 saturated heterocycles. The predicted molar refractivity (Wildman–Crippen MR) is 83.1 cm³/mol. The highest BCUT2D eigenvalue weighted by molar-refractivity contribution is 9.10. The first kappa shape index (κ1) is 14.5. The molecular weight excluding hydrogens is 335 g/mol. The van der Waals surface area contributed by atoms with Gasteiger partial charge in [0.1, 0.15) is 17.7 Å². The molecule has 1 aliphatic heterocycles. The summed E-state index contributed by atoms with van der Waals surface area (Å²) in [6.45, 7) is 4.87. The van der Waals surface area contributed by atoms with Crippen molar-refractivity contribution in [2.45, 2.75) is 25.4 Å². The van der Waals surface area contributed by atoms with Crippen molar-refractivity contribution in [3.05, 3.63) is 63.4 Å². The van der Waals surface area contributed by atoms with Gasteiger partial charge in [-0.3, -0.25) is 0 Å². The van der Waals surface area contributed by atoms with Gasteiger partial charge in [0.25, 0.3) is 0 Å². The van der Waals surface area contributed by atoms with Crippen molar-refractivity contribution in [1.82, 2.24) is 0 Å². The maximum absolute atomic E-state index is 13.3. The normalized spacial score (nSPS) is 17.2. The van der Waals surface area contributed by atoms with Gasteiger partial charge in [0, 0.05) is 11.0 Å². The number of hydrogen-bond acceptors (Lipinski definition) is 2. The van der Waals surface area contributed by atoms with Gasteiger partial charge in [0.15, 0.2) is 0 Å².